The fourth-order valence-corrected chi connectivity index (χ4v) is 2.99. The van der Waals surface area contributed by atoms with Gasteiger partial charge >= 0.3 is 12.1 Å². The standard InChI is InChI=1S/C11H9F5N2O2/c1-9-2-4(9)6-7(11(14,15)16)17-18(3-5(19)20)8(6)10(9,12)13/h4H,2-3H2,1H3,(H,19,20)/t4-,9-/m1/s1. The zero-order valence-corrected chi connectivity index (χ0v) is 10.1. The monoisotopic (exact) mass is 296 g/mol. The molecule has 2 aliphatic carbocycles. The molecular weight excluding hydrogens is 287 g/mol. The molecule has 9 heteroatoms. The molecule has 1 heterocycles. The second-order valence-corrected chi connectivity index (χ2v) is 5.41. The number of rotatable bonds is 2. The maximum Gasteiger partial charge on any atom is 0.435 e. The third-order valence-corrected chi connectivity index (χ3v) is 4.14. The number of aromatic nitrogens is 2. The smallest absolute Gasteiger partial charge is 0.435 e. The van der Waals surface area contributed by atoms with Crippen LogP contribution in [-0.2, 0) is 23.4 Å². The van der Waals surface area contributed by atoms with Gasteiger partial charge in [0.25, 0.3) is 5.92 Å². The van der Waals surface area contributed by atoms with Gasteiger partial charge in [-0.1, -0.05) is 6.92 Å². The van der Waals surface area contributed by atoms with Crippen LogP contribution in [0.1, 0.15) is 36.2 Å². The zero-order valence-electron chi connectivity index (χ0n) is 10.1. The predicted molar refractivity (Wildman–Crippen MR) is 54.2 cm³/mol. The number of halogens is 5. The van der Waals surface area contributed by atoms with Gasteiger partial charge in [0.05, 0.1) is 0 Å². The number of carbonyl (C=O) groups is 1. The maximum atomic E-state index is 14.2. The maximum absolute atomic E-state index is 14.2. The number of nitrogens with zero attached hydrogens (tertiary/aromatic N) is 2. The lowest BCUT2D eigenvalue weighted by atomic mass is 10.0. The first-order chi connectivity index (χ1) is 9.00. The van der Waals surface area contributed by atoms with E-state index in [0.717, 1.165) is 0 Å². The molecule has 0 saturated heterocycles. The molecule has 0 unspecified atom stereocenters. The molecule has 0 spiro atoms. The summed E-state index contributed by atoms with van der Waals surface area (Å²) in [4.78, 5) is 10.6. The molecule has 1 fully saturated rings. The van der Waals surface area contributed by atoms with Crippen LogP contribution in [-0.4, -0.2) is 20.9 Å². The van der Waals surface area contributed by atoms with Gasteiger partial charge in [-0.3, -0.25) is 9.48 Å². The Morgan fingerprint density at radius 1 is 1.50 bits per heavy atom. The Balaban J connectivity index is 2.23. The van der Waals surface area contributed by atoms with E-state index in [1.165, 1.54) is 6.92 Å². The van der Waals surface area contributed by atoms with Crippen molar-refractivity contribution in [3.8, 4) is 0 Å². The first-order valence-electron chi connectivity index (χ1n) is 5.78. The molecule has 1 N–H and O–H groups in total. The van der Waals surface area contributed by atoms with E-state index in [4.69, 9.17) is 5.11 Å². The van der Waals surface area contributed by atoms with Crippen molar-refractivity contribution < 1.29 is 31.9 Å². The third kappa shape index (κ3) is 1.40. The summed E-state index contributed by atoms with van der Waals surface area (Å²) in [6.07, 6.45) is -4.92. The highest BCUT2D eigenvalue weighted by Crippen LogP contribution is 2.76. The van der Waals surface area contributed by atoms with E-state index < -0.39 is 52.9 Å². The molecule has 2 atom stereocenters. The first kappa shape index (κ1) is 13.3. The normalized spacial score (nSPS) is 30.0. The van der Waals surface area contributed by atoms with Crippen molar-refractivity contribution in [2.45, 2.75) is 37.9 Å². The minimum absolute atomic E-state index is 0.0468. The molecule has 1 saturated carbocycles. The first-order valence-corrected chi connectivity index (χ1v) is 5.78. The van der Waals surface area contributed by atoms with Gasteiger partial charge in [-0.15, -0.1) is 0 Å². The Morgan fingerprint density at radius 3 is 2.60 bits per heavy atom. The number of alkyl halides is 5. The van der Waals surface area contributed by atoms with Gasteiger partial charge in [0.1, 0.15) is 12.2 Å². The number of aliphatic carboxylic acids is 1. The van der Waals surface area contributed by atoms with Crippen LogP contribution in [0, 0.1) is 5.41 Å². The number of hydrogen-bond donors (Lipinski definition) is 1. The lowest BCUT2D eigenvalue weighted by Crippen LogP contribution is -2.27. The summed E-state index contributed by atoms with van der Waals surface area (Å²) >= 11 is 0. The largest absolute Gasteiger partial charge is 0.480 e. The van der Waals surface area contributed by atoms with Crippen molar-refractivity contribution >= 4 is 5.97 Å². The summed E-state index contributed by atoms with van der Waals surface area (Å²) in [5.41, 5.74) is -4.38. The second kappa shape index (κ2) is 3.32. The lowest BCUT2D eigenvalue weighted by molar-refractivity contribution is -0.144. The fourth-order valence-electron chi connectivity index (χ4n) is 2.99. The molecule has 0 aromatic carbocycles. The zero-order chi connectivity index (χ0) is 15.1. The second-order valence-electron chi connectivity index (χ2n) is 5.41. The average Bonchev–Trinajstić information content (AvgIpc) is 2.74. The van der Waals surface area contributed by atoms with Gasteiger partial charge < -0.3 is 5.11 Å². The van der Waals surface area contributed by atoms with Gasteiger partial charge in [-0.25, -0.2) is 0 Å². The van der Waals surface area contributed by atoms with Crippen LogP contribution in [0.25, 0.3) is 0 Å². The molecule has 0 bridgehead atoms. The van der Waals surface area contributed by atoms with Crippen molar-refractivity contribution in [2.24, 2.45) is 5.41 Å². The fraction of sp³-hybridized carbons (Fsp3) is 0.636. The highest BCUT2D eigenvalue weighted by molar-refractivity contribution is 5.67. The topological polar surface area (TPSA) is 55.1 Å². The van der Waals surface area contributed by atoms with Crippen LogP contribution in [0.4, 0.5) is 22.0 Å². The van der Waals surface area contributed by atoms with Crippen LogP contribution in [0.15, 0.2) is 0 Å². The Hall–Kier alpha value is -1.67. The Kier molecular flexibility index (Phi) is 2.21. The minimum atomic E-state index is -4.88. The Bertz CT molecular complexity index is 621. The van der Waals surface area contributed by atoms with Crippen LogP contribution in [0.2, 0.25) is 0 Å². The summed E-state index contributed by atoms with van der Waals surface area (Å²) in [7, 11) is 0. The summed E-state index contributed by atoms with van der Waals surface area (Å²) in [5.74, 6) is -5.93. The quantitative estimate of drug-likeness (QED) is 0.853. The van der Waals surface area contributed by atoms with E-state index in [2.05, 4.69) is 5.10 Å². The summed E-state index contributed by atoms with van der Waals surface area (Å²) in [6, 6.07) is 0. The molecule has 1 aromatic rings. The van der Waals surface area contributed by atoms with E-state index >= 15 is 0 Å². The molecule has 2 aliphatic rings. The average molecular weight is 296 g/mol. The summed E-state index contributed by atoms with van der Waals surface area (Å²) in [6.45, 7) is 0.194. The van der Waals surface area contributed by atoms with Crippen molar-refractivity contribution in [3.63, 3.8) is 0 Å². The predicted octanol–water partition coefficient (Wildman–Crippen LogP) is 2.59. The van der Waals surface area contributed by atoms with E-state index in [0.29, 0.717) is 0 Å². The number of hydrogen-bond acceptors (Lipinski definition) is 2. The van der Waals surface area contributed by atoms with E-state index in [1.807, 2.05) is 0 Å². The molecular formula is C11H9F5N2O2. The Labute approximate surface area is 109 Å². The van der Waals surface area contributed by atoms with Crippen molar-refractivity contribution in [3.05, 3.63) is 17.0 Å². The van der Waals surface area contributed by atoms with E-state index in [-0.39, 0.29) is 11.1 Å². The van der Waals surface area contributed by atoms with Gasteiger partial charge in [-0.2, -0.15) is 27.1 Å². The van der Waals surface area contributed by atoms with Crippen molar-refractivity contribution in [2.75, 3.05) is 0 Å². The highest BCUT2D eigenvalue weighted by Gasteiger charge is 2.76. The third-order valence-electron chi connectivity index (χ3n) is 4.14. The van der Waals surface area contributed by atoms with E-state index in [1.54, 1.807) is 0 Å². The van der Waals surface area contributed by atoms with E-state index in [9.17, 15) is 26.7 Å². The summed E-state index contributed by atoms with van der Waals surface area (Å²) < 4.78 is 67.5. The van der Waals surface area contributed by atoms with Crippen LogP contribution < -0.4 is 0 Å². The molecule has 0 aliphatic heterocycles. The van der Waals surface area contributed by atoms with Crippen molar-refractivity contribution in [1.82, 2.24) is 9.78 Å². The molecule has 1 aromatic heterocycles. The van der Waals surface area contributed by atoms with Gasteiger partial charge in [0.2, 0.25) is 0 Å². The molecule has 110 valence electrons. The Morgan fingerprint density at radius 2 is 2.10 bits per heavy atom. The van der Waals surface area contributed by atoms with Gasteiger partial charge in [-0.05, 0) is 6.42 Å². The number of carboxylic acid groups (broad SMARTS) is 1. The van der Waals surface area contributed by atoms with Crippen molar-refractivity contribution in [1.29, 1.82) is 0 Å². The molecule has 3 rings (SSSR count). The SMILES string of the molecule is C[C@@]12C[C@@H]1c1c(C(F)(F)F)nn(CC(=O)O)c1C2(F)F. The van der Waals surface area contributed by atoms with Crippen LogP contribution in [0.5, 0.6) is 0 Å². The van der Waals surface area contributed by atoms with Gasteiger partial charge in [0, 0.05) is 16.9 Å². The molecule has 0 radical (unpaired) electrons. The van der Waals surface area contributed by atoms with Gasteiger partial charge in [0.15, 0.2) is 5.69 Å². The molecule has 0 amide bonds. The number of fused-ring (bicyclic) bond motifs is 3. The number of carboxylic acids is 1. The summed E-state index contributed by atoms with van der Waals surface area (Å²) in [5, 5.41) is 11.7. The van der Waals surface area contributed by atoms with Crippen LogP contribution >= 0.6 is 0 Å². The molecule has 4 nitrogen and oxygen atoms in total. The minimum Gasteiger partial charge on any atom is -0.480 e. The molecule has 20 heavy (non-hydrogen) atoms. The lowest BCUT2D eigenvalue weighted by Gasteiger charge is -2.20. The van der Waals surface area contributed by atoms with Crippen LogP contribution in [0.3, 0.4) is 0 Å². The highest BCUT2D eigenvalue weighted by atomic mass is 19.4.